The summed E-state index contributed by atoms with van der Waals surface area (Å²) in [5.74, 6) is 0.850. The third-order valence-corrected chi connectivity index (χ3v) is 6.65. The summed E-state index contributed by atoms with van der Waals surface area (Å²) in [4.78, 5) is 4.38. The van der Waals surface area contributed by atoms with E-state index in [9.17, 15) is 8.42 Å². The van der Waals surface area contributed by atoms with Gasteiger partial charge in [0.1, 0.15) is 5.75 Å². The summed E-state index contributed by atoms with van der Waals surface area (Å²) >= 11 is 1.65. The Labute approximate surface area is 158 Å². The molecular formula is C20H21NO3S2. The Morgan fingerprint density at radius 1 is 1.15 bits per heavy atom. The molecule has 1 heterocycles. The molecule has 0 aliphatic carbocycles. The van der Waals surface area contributed by atoms with Crippen molar-refractivity contribution in [3.8, 4) is 5.75 Å². The minimum Gasteiger partial charge on any atom is -0.497 e. The monoisotopic (exact) mass is 387 g/mol. The highest BCUT2D eigenvalue weighted by molar-refractivity contribution is 7.90. The molecule has 0 bridgehead atoms. The lowest BCUT2D eigenvalue weighted by Gasteiger charge is -2.08. The van der Waals surface area contributed by atoms with Gasteiger partial charge >= 0.3 is 0 Å². The number of rotatable bonds is 7. The molecule has 0 N–H and O–H groups in total. The van der Waals surface area contributed by atoms with Crippen LogP contribution in [0.2, 0.25) is 0 Å². The van der Waals surface area contributed by atoms with E-state index in [1.54, 1.807) is 24.7 Å². The summed E-state index contributed by atoms with van der Waals surface area (Å²) < 4.78 is 31.3. The normalized spacial score (nSPS) is 13.3. The van der Waals surface area contributed by atoms with Crippen molar-refractivity contribution in [3.05, 3.63) is 65.0 Å². The van der Waals surface area contributed by atoms with E-state index < -0.39 is 9.84 Å². The molecular weight excluding hydrogens is 366 g/mol. The molecule has 136 valence electrons. The van der Waals surface area contributed by atoms with E-state index in [4.69, 9.17) is 4.74 Å². The summed E-state index contributed by atoms with van der Waals surface area (Å²) in [6, 6.07) is 15.0. The number of ether oxygens (including phenoxy) is 1. The molecule has 0 aliphatic heterocycles. The number of hydrogen-bond acceptors (Lipinski definition) is 5. The van der Waals surface area contributed by atoms with Gasteiger partial charge in [-0.05, 0) is 71.3 Å². The SMILES string of the molecule is COc1ccc(C=N[C@@H](C)CS(=O)(=O)Cc2ccc3sccc3c2)cc1. The Balaban J connectivity index is 1.62. The maximum Gasteiger partial charge on any atom is 0.156 e. The standard InChI is InChI=1S/C20H21NO3S2/c1-15(21-12-16-3-6-19(24-2)7-4-16)13-26(22,23)14-17-5-8-20-18(11-17)9-10-25-20/h3-12,15H,13-14H2,1-2H3/t15-/m0/s1. The van der Waals surface area contributed by atoms with Gasteiger partial charge < -0.3 is 4.74 Å². The van der Waals surface area contributed by atoms with Crippen molar-refractivity contribution in [1.82, 2.24) is 0 Å². The number of aliphatic imine (C=N–C) groups is 1. The molecule has 0 radical (unpaired) electrons. The van der Waals surface area contributed by atoms with Crippen LogP contribution in [-0.2, 0) is 15.6 Å². The van der Waals surface area contributed by atoms with Gasteiger partial charge in [-0.25, -0.2) is 8.42 Å². The van der Waals surface area contributed by atoms with Crippen molar-refractivity contribution >= 4 is 37.5 Å². The maximum atomic E-state index is 12.5. The second-order valence-electron chi connectivity index (χ2n) is 6.25. The van der Waals surface area contributed by atoms with Crippen LogP contribution in [0.5, 0.6) is 5.75 Å². The van der Waals surface area contributed by atoms with E-state index in [-0.39, 0.29) is 17.5 Å². The summed E-state index contributed by atoms with van der Waals surface area (Å²) in [6.07, 6.45) is 1.71. The van der Waals surface area contributed by atoms with Crippen molar-refractivity contribution in [1.29, 1.82) is 0 Å². The molecule has 0 aliphatic rings. The van der Waals surface area contributed by atoms with Crippen LogP contribution < -0.4 is 4.74 Å². The van der Waals surface area contributed by atoms with Gasteiger partial charge in [0.25, 0.3) is 0 Å². The van der Waals surface area contributed by atoms with Gasteiger partial charge in [-0.15, -0.1) is 11.3 Å². The fraction of sp³-hybridized carbons (Fsp3) is 0.250. The predicted molar refractivity (Wildman–Crippen MR) is 109 cm³/mol. The van der Waals surface area contributed by atoms with Crippen molar-refractivity contribution in [3.63, 3.8) is 0 Å². The molecule has 2 aromatic carbocycles. The van der Waals surface area contributed by atoms with Gasteiger partial charge in [0.15, 0.2) is 9.84 Å². The fourth-order valence-corrected chi connectivity index (χ4v) is 5.13. The van der Waals surface area contributed by atoms with Gasteiger partial charge in [0, 0.05) is 10.9 Å². The molecule has 3 aromatic rings. The first kappa shape index (κ1) is 18.6. The van der Waals surface area contributed by atoms with Gasteiger partial charge in [-0.1, -0.05) is 6.07 Å². The maximum absolute atomic E-state index is 12.5. The lowest BCUT2D eigenvalue weighted by atomic mass is 10.2. The first-order chi connectivity index (χ1) is 12.4. The summed E-state index contributed by atoms with van der Waals surface area (Å²) in [5.41, 5.74) is 1.74. The lowest BCUT2D eigenvalue weighted by Crippen LogP contribution is -2.18. The summed E-state index contributed by atoms with van der Waals surface area (Å²) in [7, 11) is -1.61. The Morgan fingerprint density at radius 3 is 2.65 bits per heavy atom. The number of nitrogens with zero attached hydrogens (tertiary/aromatic N) is 1. The Kier molecular flexibility index (Phi) is 5.74. The molecule has 3 rings (SSSR count). The largest absolute Gasteiger partial charge is 0.497 e. The van der Waals surface area contributed by atoms with E-state index in [0.29, 0.717) is 0 Å². The molecule has 0 saturated carbocycles. The van der Waals surface area contributed by atoms with E-state index >= 15 is 0 Å². The molecule has 0 fully saturated rings. The quantitative estimate of drug-likeness (QED) is 0.567. The van der Waals surface area contributed by atoms with E-state index in [2.05, 4.69) is 4.99 Å². The highest BCUT2D eigenvalue weighted by Gasteiger charge is 2.16. The Morgan fingerprint density at radius 2 is 1.92 bits per heavy atom. The second kappa shape index (κ2) is 8.01. The average molecular weight is 388 g/mol. The lowest BCUT2D eigenvalue weighted by molar-refractivity contribution is 0.415. The van der Waals surface area contributed by atoms with Crippen LogP contribution in [-0.4, -0.2) is 33.5 Å². The fourth-order valence-electron chi connectivity index (χ4n) is 2.73. The number of hydrogen-bond donors (Lipinski definition) is 0. The molecule has 6 heteroatoms. The van der Waals surface area contributed by atoms with Crippen LogP contribution in [0.3, 0.4) is 0 Å². The molecule has 0 spiro atoms. The molecule has 0 unspecified atom stereocenters. The van der Waals surface area contributed by atoms with E-state index in [1.807, 2.05) is 60.8 Å². The zero-order valence-corrected chi connectivity index (χ0v) is 16.4. The minimum absolute atomic E-state index is 0.0291. The molecule has 4 nitrogen and oxygen atoms in total. The Hall–Kier alpha value is -2.18. The molecule has 1 atom stereocenters. The second-order valence-corrected chi connectivity index (χ2v) is 9.30. The van der Waals surface area contributed by atoms with Gasteiger partial charge in [0.05, 0.1) is 24.7 Å². The van der Waals surface area contributed by atoms with Gasteiger partial charge in [0.2, 0.25) is 0 Å². The Bertz CT molecular complexity index is 1000. The smallest absolute Gasteiger partial charge is 0.156 e. The number of benzene rings is 2. The molecule has 26 heavy (non-hydrogen) atoms. The summed E-state index contributed by atoms with van der Waals surface area (Å²) in [6.45, 7) is 1.82. The van der Waals surface area contributed by atoms with Crippen LogP contribution in [0.25, 0.3) is 10.1 Å². The first-order valence-electron chi connectivity index (χ1n) is 8.29. The number of methoxy groups -OCH3 is 1. The third kappa shape index (κ3) is 4.93. The average Bonchev–Trinajstić information content (AvgIpc) is 3.07. The van der Waals surface area contributed by atoms with Gasteiger partial charge in [-0.3, -0.25) is 4.99 Å². The highest BCUT2D eigenvalue weighted by Crippen LogP contribution is 2.23. The van der Waals surface area contributed by atoms with Crippen LogP contribution in [0.15, 0.2) is 58.9 Å². The topological polar surface area (TPSA) is 55.7 Å². The molecule has 0 saturated heterocycles. The molecule has 1 aromatic heterocycles. The first-order valence-corrected chi connectivity index (χ1v) is 11.0. The number of fused-ring (bicyclic) bond motifs is 1. The van der Waals surface area contributed by atoms with Crippen molar-refractivity contribution < 1.29 is 13.2 Å². The van der Waals surface area contributed by atoms with E-state index in [0.717, 1.165) is 22.3 Å². The van der Waals surface area contributed by atoms with Crippen molar-refractivity contribution in [2.45, 2.75) is 18.7 Å². The summed E-state index contributed by atoms with van der Waals surface area (Å²) in [5, 5.41) is 3.10. The van der Waals surface area contributed by atoms with Crippen molar-refractivity contribution in [2.24, 2.45) is 4.99 Å². The third-order valence-electron chi connectivity index (χ3n) is 3.99. The van der Waals surface area contributed by atoms with Crippen LogP contribution in [0, 0.1) is 0 Å². The van der Waals surface area contributed by atoms with Crippen LogP contribution >= 0.6 is 11.3 Å². The predicted octanol–water partition coefficient (Wildman–Crippen LogP) is 4.33. The van der Waals surface area contributed by atoms with E-state index in [1.165, 1.54) is 4.70 Å². The number of sulfone groups is 1. The van der Waals surface area contributed by atoms with Crippen LogP contribution in [0.1, 0.15) is 18.1 Å². The van der Waals surface area contributed by atoms with Crippen molar-refractivity contribution in [2.75, 3.05) is 12.9 Å². The highest BCUT2D eigenvalue weighted by atomic mass is 32.2. The zero-order valence-electron chi connectivity index (χ0n) is 14.8. The molecule has 0 amide bonds. The minimum atomic E-state index is -3.23. The van der Waals surface area contributed by atoms with Gasteiger partial charge in [-0.2, -0.15) is 0 Å². The number of thiophene rings is 1. The zero-order chi connectivity index (χ0) is 18.6. The van der Waals surface area contributed by atoms with Crippen LogP contribution in [0.4, 0.5) is 0 Å².